The van der Waals surface area contributed by atoms with Gasteiger partial charge < -0.3 is 9.47 Å². The van der Waals surface area contributed by atoms with Gasteiger partial charge in [-0.15, -0.1) is 0 Å². The van der Waals surface area contributed by atoms with Gasteiger partial charge >= 0.3 is 0 Å². The molecule has 0 radical (unpaired) electrons. The zero-order valence-corrected chi connectivity index (χ0v) is 8.52. The maximum atomic E-state index is 10.5. The molecule has 1 aliphatic heterocycles. The molecule has 15 heavy (non-hydrogen) atoms. The summed E-state index contributed by atoms with van der Waals surface area (Å²) >= 11 is 0. The topological polar surface area (TPSA) is 61.6 Å². The highest BCUT2D eigenvalue weighted by molar-refractivity contribution is 5.44. The first-order valence-electron chi connectivity index (χ1n) is 4.58. The van der Waals surface area contributed by atoms with Crippen LogP contribution in [-0.4, -0.2) is 10.7 Å². The van der Waals surface area contributed by atoms with Crippen LogP contribution in [0.1, 0.15) is 19.4 Å². The predicted molar refractivity (Wildman–Crippen MR) is 52.6 cm³/mol. The van der Waals surface area contributed by atoms with E-state index in [0.717, 1.165) is 0 Å². The molecule has 0 unspecified atom stereocenters. The number of nitro groups is 1. The van der Waals surface area contributed by atoms with Crippen molar-refractivity contribution in [2.75, 3.05) is 0 Å². The fourth-order valence-electron chi connectivity index (χ4n) is 1.44. The fraction of sp³-hybridized carbons (Fsp3) is 0.400. The van der Waals surface area contributed by atoms with Gasteiger partial charge in [0.2, 0.25) is 5.79 Å². The molecule has 0 N–H and O–H groups in total. The van der Waals surface area contributed by atoms with E-state index in [4.69, 9.17) is 9.47 Å². The zero-order valence-electron chi connectivity index (χ0n) is 8.52. The van der Waals surface area contributed by atoms with E-state index in [2.05, 4.69) is 0 Å². The smallest absolute Gasteiger partial charge is 0.270 e. The Hall–Kier alpha value is -1.62. The molecule has 1 aromatic carbocycles. The Kier molecular flexibility index (Phi) is 2.12. The van der Waals surface area contributed by atoms with Crippen molar-refractivity contribution >= 4 is 5.69 Å². The molecule has 1 aliphatic rings. The van der Waals surface area contributed by atoms with E-state index in [1.54, 1.807) is 19.9 Å². The van der Waals surface area contributed by atoms with E-state index >= 15 is 0 Å². The normalized spacial score (nSPS) is 17.7. The SMILES string of the molecule is CC1(C)OCc2cc([N+](=O)[O-])ccc2O1. The molecule has 0 saturated carbocycles. The van der Waals surface area contributed by atoms with Crippen molar-refractivity contribution in [3.8, 4) is 5.75 Å². The zero-order chi connectivity index (χ0) is 11.1. The number of hydrogen-bond donors (Lipinski definition) is 0. The van der Waals surface area contributed by atoms with Crippen LogP contribution in [0.2, 0.25) is 0 Å². The van der Waals surface area contributed by atoms with Crippen LogP contribution in [0.4, 0.5) is 5.69 Å². The largest absolute Gasteiger partial charge is 0.463 e. The van der Waals surface area contributed by atoms with Gasteiger partial charge in [-0.25, -0.2) is 0 Å². The van der Waals surface area contributed by atoms with Gasteiger partial charge in [0.15, 0.2) is 0 Å². The Morgan fingerprint density at radius 3 is 2.87 bits per heavy atom. The molecule has 5 nitrogen and oxygen atoms in total. The van der Waals surface area contributed by atoms with Gasteiger partial charge in [-0.05, 0) is 6.07 Å². The van der Waals surface area contributed by atoms with Crippen LogP contribution in [0, 0.1) is 10.1 Å². The number of hydrogen-bond acceptors (Lipinski definition) is 4. The molecule has 1 heterocycles. The highest BCUT2D eigenvalue weighted by Crippen LogP contribution is 2.33. The molecule has 0 bridgehead atoms. The molecule has 0 aliphatic carbocycles. The number of nitro benzene ring substituents is 1. The second-order valence-corrected chi connectivity index (χ2v) is 3.84. The Morgan fingerprint density at radius 1 is 1.47 bits per heavy atom. The molecule has 2 rings (SSSR count). The average Bonchev–Trinajstić information content (AvgIpc) is 2.15. The molecule has 5 heteroatoms. The fourth-order valence-corrected chi connectivity index (χ4v) is 1.44. The van der Waals surface area contributed by atoms with Crippen LogP contribution in [0.25, 0.3) is 0 Å². The summed E-state index contributed by atoms with van der Waals surface area (Å²) in [5.41, 5.74) is 0.768. The second kappa shape index (κ2) is 3.20. The van der Waals surface area contributed by atoms with Crippen molar-refractivity contribution in [2.24, 2.45) is 0 Å². The molecule has 0 fully saturated rings. The quantitative estimate of drug-likeness (QED) is 0.525. The Bertz CT molecular complexity index is 414. The van der Waals surface area contributed by atoms with Crippen molar-refractivity contribution in [1.29, 1.82) is 0 Å². The van der Waals surface area contributed by atoms with Gasteiger partial charge in [0.05, 0.1) is 11.5 Å². The maximum absolute atomic E-state index is 10.5. The van der Waals surface area contributed by atoms with Crippen LogP contribution in [-0.2, 0) is 11.3 Å². The average molecular weight is 209 g/mol. The van der Waals surface area contributed by atoms with Crippen LogP contribution >= 0.6 is 0 Å². The summed E-state index contributed by atoms with van der Waals surface area (Å²) in [4.78, 5) is 10.1. The first-order valence-corrected chi connectivity index (χ1v) is 4.58. The van der Waals surface area contributed by atoms with E-state index in [0.29, 0.717) is 17.9 Å². The number of non-ortho nitro benzene ring substituents is 1. The lowest BCUT2D eigenvalue weighted by Crippen LogP contribution is -2.35. The lowest BCUT2D eigenvalue weighted by atomic mass is 10.1. The summed E-state index contributed by atoms with van der Waals surface area (Å²) < 4.78 is 10.9. The van der Waals surface area contributed by atoms with Crippen LogP contribution in [0.15, 0.2) is 18.2 Å². The molecular weight excluding hydrogens is 198 g/mol. The molecule has 0 atom stereocenters. The standard InChI is InChI=1S/C10H11NO4/c1-10(2)14-6-7-5-8(11(12)13)3-4-9(7)15-10/h3-5H,6H2,1-2H3. The van der Waals surface area contributed by atoms with Gasteiger partial charge in [-0.2, -0.15) is 0 Å². The predicted octanol–water partition coefficient (Wildman–Crippen LogP) is 2.24. The summed E-state index contributed by atoms with van der Waals surface area (Å²) in [7, 11) is 0. The van der Waals surface area contributed by atoms with Gasteiger partial charge in [0.1, 0.15) is 5.75 Å². The number of nitrogens with zero attached hydrogens (tertiary/aromatic N) is 1. The molecule has 0 saturated heterocycles. The van der Waals surface area contributed by atoms with Crippen molar-refractivity contribution in [3.05, 3.63) is 33.9 Å². The minimum absolute atomic E-state index is 0.0562. The van der Waals surface area contributed by atoms with Crippen LogP contribution in [0.3, 0.4) is 0 Å². The molecule has 0 aromatic heterocycles. The molecule has 0 spiro atoms. The Labute approximate surface area is 86.8 Å². The van der Waals surface area contributed by atoms with E-state index in [-0.39, 0.29) is 5.69 Å². The van der Waals surface area contributed by atoms with Gasteiger partial charge in [-0.3, -0.25) is 10.1 Å². The number of fused-ring (bicyclic) bond motifs is 1. The third-order valence-corrected chi connectivity index (χ3v) is 2.19. The number of ether oxygens (including phenoxy) is 2. The molecule has 80 valence electrons. The van der Waals surface area contributed by atoms with Gasteiger partial charge in [0, 0.05) is 31.5 Å². The van der Waals surface area contributed by atoms with Crippen molar-refractivity contribution in [2.45, 2.75) is 26.2 Å². The number of rotatable bonds is 1. The lowest BCUT2D eigenvalue weighted by Gasteiger charge is -2.32. The maximum Gasteiger partial charge on any atom is 0.270 e. The monoisotopic (exact) mass is 209 g/mol. The minimum Gasteiger partial charge on any atom is -0.463 e. The van der Waals surface area contributed by atoms with Crippen LogP contribution in [0.5, 0.6) is 5.75 Å². The van der Waals surface area contributed by atoms with Crippen molar-refractivity contribution in [3.63, 3.8) is 0 Å². The van der Waals surface area contributed by atoms with Gasteiger partial charge in [0.25, 0.3) is 5.69 Å². The van der Waals surface area contributed by atoms with Crippen molar-refractivity contribution < 1.29 is 14.4 Å². The first kappa shape index (κ1) is 9.92. The van der Waals surface area contributed by atoms with E-state index < -0.39 is 10.7 Å². The number of benzene rings is 1. The summed E-state index contributed by atoms with van der Waals surface area (Å²) in [5, 5.41) is 10.5. The second-order valence-electron chi connectivity index (χ2n) is 3.84. The van der Waals surface area contributed by atoms with E-state index in [1.807, 2.05) is 0 Å². The summed E-state index contributed by atoms with van der Waals surface area (Å²) in [6.45, 7) is 3.94. The molecule has 1 aromatic rings. The van der Waals surface area contributed by atoms with Gasteiger partial charge in [-0.1, -0.05) is 0 Å². The summed E-state index contributed by atoms with van der Waals surface area (Å²) in [6.07, 6.45) is 0. The minimum atomic E-state index is -0.664. The molecular formula is C10H11NO4. The molecule has 0 amide bonds. The third kappa shape index (κ3) is 1.92. The van der Waals surface area contributed by atoms with Crippen molar-refractivity contribution in [1.82, 2.24) is 0 Å². The highest BCUT2D eigenvalue weighted by Gasteiger charge is 2.28. The Morgan fingerprint density at radius 2 is 2.20 bits per heavy atom. The third-order valence-electron chi connectivity index (χ3n) is 2.19. The highest BCUT2D eigenvalue weighted by atomic mass is 16.7. The van der Waals surface area contributed by atoms with E-state index in [9.17, 15) is 10.1 Å². The lowest BCUT2D eigenvalue weighted by molar-refractivity contribution is -0.385. The first-order chi connectivity index (χ1) is 6.98. The Balaban J connectivity index is 2.36. The van der Waals surface area contributed by atoms with Crippen LogP contribution < -0.4 is 4.74 Å². The summed E-state index contributed by atoms with van der Waals surface area (Å²) in [6, 6.07) is 4.52. The van der Waals surface area contributed by atoms with E-state index in [1.165, 1.54) is 12.1 Å². The summed E-state index contributed by atoms with van der Waals surface area (Å²) in [5.74, 6) is -0.0137.